The molecule has 2 heterocycles. The number of hydrogen-bond acceptors (Lipinski definition) is 5. The molecule has 1 aliphatic rings. The minimum atomic E-state index is -0.794. The maximum atomic E-state index is 9.50. The van der Waals surface area contributed by atoms with Crippen LogP contribution in [-0.4, -0.2) is 30.8 Å². The summed E-state index contributed by atoms with van der Waals surface area (Å²) in [4.78, 5) is 4.28. The van der Waals surface area contributed by atoms with E-state index in [0.717, 1.165) is 22.3 Å². The fourth-order valence-electron chi connectivity index (χ4n) is 2.58. The summed E-state index contributed by atoms with van der Waals surface area (Å²) in [5, 5.41) is 10.0. The molecule has 124 valence electrons. The molecule has 2 aromatic rings. The first-order valence-electron chi connectivity index (χ1n) is 7.61. The SMILES string of the molecule is CCOc1cc(-c2cncc(C3=COB(O)C3)c2)c(Cl)cc1OC. The minimum Gasteiger partial charge on any atom is -0.542 e. The quantitative estimate of drug-likeness (QED) is 0.838. The van der Waals surface area contributed by atoms with E-state index in [4.69, 9.17) is 25.7 Å². The van der Waals surface area contributed by atoms with E-state index >= 15 is 0 Å². The van der Waals surface area contributed by atoms with Crippen molar-refractivity contribution in [2.75, 3.05) is 13.7 Å². The highest BCUT2D eigenvalue weighted by molar-refractivity contribution is 6.47. The summed E-state index contributed by atoms with van der Waals surface area (Å²) >= 11 is 6.41. The Morgan fingerprint density at radius 2 is 2.04 bits per heavy atom. The average molecular weight is 346 g/mol. The number of benzene rings is 1. The van der Waals surface area contributed by atoms with Crippen LogP contribution in [0.3, 0.4) is 0 Å². The van der Waals surface area contributed by atoms with Crippen LogP contribution in [0.2, 0.25) is 11.3 Å². The lowest BCUT2D eigenvalue weighted by molar-refractivity contribution is 0.311. The van der Waals surface area contributed by atoms with Gasteiger partial charge in [-0.05, 0) is 30.2 Å². The molecule has 0 saturated heterocycles. The number of nitrogens with zero attached hydrogens (tertiary/aromatic N) is 1. The lowest BCUT2D eigenvalue weighted by Gasteiger charge is -2.13. The van der Waals surface area contributed by atoms with Crippen molar-refractivity contribution < 1.29 is 19.2 Å². The Morgan fingerprint density at radius 3 is 2.71 bits per heavy atom. The molecule has 5 nitrogen and oxygen atoms in total. The summed E-state index contributed by atoms with van der Waals surface area (Å²) in [6, 6.07) is 5.54. The number of hydrogen-bond donors (Lipinski definition) is 1. The Morgan fingerprint density at radius 1 is 1.25 bits per heavy atom. The fourth-order valence-corrected chi connectivity index (χ4v) is 2.84. The molecule has 1 aromatic heterocycles. The summed E-state index contributed by atoms with van der Waals surface area (Å²) in [5.41, 5.74) is 3.43. The molecule has 7 heteroatoms. The molecule has 24 heavy (non-hydrogen) atoms. The third kappa shape index (κ3) is 3.35. The van der Waals surface area contributed by atoms with Crippen LogP contribution in [-0.2, 0) is 4.65 Å². The number of halogens is 1. The van der Waals surface area contributed by atoms with Gasteiger partial charge in [-0.3, -0.25) is 4.98 Å². The van der Waals surface area contributed by atoms with Gasteiger partial charge in [-0.25, -0.2) is 0 Å². The number of pyridine rings is 1. The highest BCUT2D eigenvalue weighted by atomic mass is 35.5. The molecule has 0 bridgehead atoms. The van der Waals surface area contributed by atoms with E-state index in [1.807, 2.05) is 19.1 Å². The lowest BCUT2D eigenvalue weighted by Crippen LogP contribution is -2.08. The lowest BCUT2D eigenvalue weighted by atomic mass is 9.82. The van der Waals surface area contributed by atoms with Crippen LogP contribution < -0.4 is 9.47 Å². The zero-order valence-electron chi connectivity index (χ0n) is 13.5. The van der Waals surface area contributed by atoms with E-state index in [-0.39, 0.29) is 0 Å². The fraction of sp³-hybridized carbons (Fsp3) is 0.235. The van der Waals surface area contributed by atoms with E-state index in [9.17, 15) is 5.02 Å². The molecule has 0 radical (unpaired) electrons. The first kappa shape index (κ1) is 16.7. The van der Waals surface area contributed by atoms with E-state index in [0.29, 0.717) is 29.4 Å². The van der Waals surface area contributed by atoms with Gasteiger partial charge in [0.1, 0.15) is 0 Å². The summed E-state index contributed by atoms with van der Waals surface area (Å²) < 4.78 is 16.0. The normalized spacial score (nSPS) is 13.5. The first-order chi connectivity index (χ1) is 11.6. The van der Waals surface area contributed by atoms with Crippen molar-refractivity contribution in [1.29, 1.82) is 0 Å². The van der Waals surface area contributed by atoms with Gasteiger partial charge in [0.05, 0.1) is 25.0 Å². The summed E-state index contributed by atoms with van der Waals surface area (Å²) in [6.07, 6.45) is 5.47. The second-order valence-corrected chi connectivity index (χ2v) is 5.72. The van der Waals surface area contributed by atoms with Crippen molar-refractivity contribution in [3.63, 3.8) is 0 Å². The minimum absolute atomic E-state index is 0.436. The number of allylic oxidation sites excluding steroid dienone is 1. The summed E-state index contributed by atoms with van der Waals surface area (Å²) in [6.45, 7) is 2.44. The van der Waals surface area contributed by atoms with Crippen molar-refractivity contribution in [2.45, 2.75) is 13.2 Å². The van der Waals surface area contributed by atoms with Gasteiger partial charge < -0.3 is 19.2 Å². The predicted molar refractivity (Wildman–Crippen MR) is 94.2 cm³/mol. The van der Waals surface area contributed by atoms with Crippen molar-refractivity contribution in [3.05, 3.63) is 47.4 Å². The van der Waals surface area contributed by atoms with Gasteiger partial charge in [-0.1, -0.05) is 11.6 Å². The Kier molecular flexibility index (Phi) is 4.97. The van der Waals surface area contributed by atoms with Gasteiger partial charge in [-0.15, -0.1) is 0 Å². The molecule has 0 spiro atoms. The van der Waals surface area contributed by atoms with Crippen LogP contribution in [0.25, 0.3) is 16.7 Å². The Balaban J connectivity index is 2.01. The second kappa shape index (κ2) is 7.15. The summed E-state index contributed by atoms with van der Waals surface area (Å²) in [7, 11) is 0.784. The van der Waals surface area contributed by atoms with Crippen LogP contribution >= 0.6 is 11.6 Å². The molecular weight excluding hydrogens is 328 g/mol. The van der Waals surface area contributed by atoms with Crippen molar-refractivity contribution in [2.24, 2.45) is 0 Å². The van der Waals surface area contributed by atoms with Crippen molar-refractivity contribution >= 4 is 24.3 Å². The Hall–Kier alpha value is -2.18. The zero-order chi connectivity index (χ0) is 17.1. The molecule has 0 fully saturated rings. The van der Waals surface area contributed by atoms with E-state index in [2.05, 4.69) is 4.98 Å². The van der Waals surface area contributed by atoms with Crippen molar-refractivity contribution in [1.82, 2.24) is 4.98 Å². The molecular formula is C17H17BClNO4. The van der Waals surface area contributed by atoms with Gasteiger partial charge >= 0.3 is 7.12 Å². The van der Waals surface area contributed by atoms with Crippen LogP contribution in [0.1, 0.15) is 12.5 Å². The standard InChI is InChI=1S/C17H17BClNO4/c1-3-23-17-5-14(15(19)6-16(17)22-2)12-4-11(8-20-9-12)13-7-18(21)24-10-13/h4-6,8-10,21H,3,7H2,1-2H3. The van der Waals surface area contributed by atoms with Gasteiger partial charge in [0.25, 0.3) is 0 Å². The van der Waals surface area contributed by atoms with Gasteiger partial charge in [-0.2, -0.15) is 0 Å². The number of aromatic nitrogens is 1. The highest BCUT2D eigenvalue weighted by Crippen LogP contribution is 2.39. The zero-order valence-corrected chi connectivity index (χ0v) is 14.2. The average Bonchev–Trinajstić information content (AvgIpc) is 3.03. The largest absolute Gasteiger partial charge is 0.542 e. The topological polar surface area (TPSA) is 60.8 Å². The van der Waals surface area contributed by atoms with E-state index < -0.39 is 7.12 Å². The molecule has 0 aliphatic carbocycles. The van der Waals surface area contributed by atoms with Crippen LogP contribution in [0.4, 0.5) is 0 Å². The molecule has 0 unspecified atom stereocenters. The molecule has 0 amide bonds. The third-order valence-electron chi connectivity index (χ3n) is 3.74. The van der Waals surface area contributed by atoms with E-state index in [1.54, 1.807) is 31.8 Å². The highest BCUT2D eigenvalue weighted by Gasteiger charge is 2.24. The molecule has 0 saturated carbocycles. The number of ether oxygens (including phenoxy) is 2. The summed E-state index contributed by atoms with van der Waals surface area (Å²) in [5.74, 6) is 1.22. The number of rotatable bonds is 5. The van der Waals surface area contributed by atoms with E-state index in [1.165, 1.54) is 0 Å². The second-order valence-electron chi connectivity index (χ2n) is 5.32. The molecule has 1 N–H and O–H groups in total. The van der Waals surface area contributed by atoms with Crippen molar-refractivity contribution in [3.8, 4) is 22.6 Å². The number of methoxy groups -OCH3 is 1. The van der Waals surface area contributed by atoms with Crippen LogP contribution in [0, 0.1) is 0 Å². The molecule has 3 rings (SSSR count). The van der Waals surface area contributed by atoms with Crippen LogP contribution in [0.5, 0.6) is 11.5 Å². The van der Waals surface area contributed by atoms with Gasteiger partial charge in [0, 0.05) is 35.9 Å². The first-order valence-corrected chi connectivity index (χ1v) is 7.99. The Labute approximate surface area is 146 Å². The maximum absolute atomic E-state index is 9.50. The van der Waals surface area contributed by atoms with Crippen LogP contribution in [0.15, 0.2) is 36.9 Å². The predicted octanol–water partition coefficient (Wildman–Crippen LogP) is 3.66. The third-order valence-corrected chi connectivity index (χ3v) is 4.05. The molecule has 1 aromatic carbocycles. The Bertz CT molecular complexity index is 781. The van der Waals surface area contributed by atoms with Gasteiger partial charge in [0.15, 0.2) is 11.5 Å². The van der Waals surface area contributed by atoms with Gasteiger partial charge in [0.2, 0.25) is 0 Å². The smallest absolute Gasteiger partial charge is 0.526 e. The molecule has 0 atom stereocenters. The monoisotopic (exact) mass is 345 g/mol. The molecule has 1 aliphatic heterocycles. The maximum Gasteiger partial charge on any atom is 0.526 e.